The molecule has 1 aromatic carbocycles. The largest absolute Gasteiger partial charge is 0.450 e. The predicted octanol–water partition coefficient (Wildman–Crippen LogP) is 3.05. The van der Waals surface area contributed by atoms with Gasteiger partial charge in [-0.2, -0.15) is 0 Å². The minimum Gasteiger partial charge on any atom is -0.450 e. The summed E-state index contributed by atoms with van der Waals surface area (Å²) < 4.78 is 10.5. The van der Waals surface area contributed by atoms with Crippen LogP contribution in [0.3, 0.4) is 0 Å². The van der Waals surface area contributed by atoms with Crippen molar-refractivity contribution in [2.45, 2.75) is 57.8 Å². The fraction of sp³-hybridized carbons (Fsp3) is 0.579. The molecule has 1 aromatic rings. The van der Waals surface area contributed by atoms with Gasteiger partial charge in [0.25, 0.3) is 0 Å². The molecule has 7 nitrogen and oxygen atoms in total. The van der Waals surface area contributed by atoms with Crippen LogP contribution in [0.5, 0.6) is 0 Å². The maximum Gasteiger partial charge on any atom is 0.407 e. The van der Waals surface area contributed by atoms with Crippen LogP contribution in [0.15, 0.2) is 30.3 Å². The van der Waals surface area contributed by atoms with Gasteiger partial charge in [-0.1, -0.05) is 50.0 Å². The molecule has 0 bridgehead atoms. The van der Waals surface area contributed by atoms with Crippen LogP contribution in [0.2, 0.25) is 19.6 Å². The van der Waals surface area contributed by atoms with Crippen molar-refractivity contribution in [1.82, 2.24) is 10.6 Å². The van der Waals surface area contributed by atoms with Crippen LogP contribution < -0.4 is 10.6 Å². The fourth-order valence-electron chi connectivity index (χ4n) is 2.06. The molecule has 0 spiro atoms. The van der Waals surface area contributed by atoms with E-state index in [9.17, 15) is 14.7 Å². The van der Waals surface area contributed by atoms with Crippen LogP contribution in [-0.2, 0) is 16.1 Å². The molecule has 27 heavy (non-hydrogen) atoms. The van der Waals surface area contributed by atoms with Crippen molar-refractivity contribution in [3.8, 4) is 0 Å². The summed E-state index contributed by atoms with van der Waals surface area (Å²) in [5.74, 6) is 0. The number of alkyl carbamates (subject to hydrolysis) is 2. The maximum absolute atomic E-state index is 11.9. The quantitative estimate of drug-likeness (QED) is 0.417. The molecule has 0 aliphatic heterocycles. The van der Waals surface area contributed by atoms with E-state index >= 15 is 0 Å². The SMILES string of the molecule is CC(OC(=O)N[C@@H](CO)CCCNC(=O)OCc1ccccc1)[Si](C)(C)C. The van der Waals surface area contributed by atoms with Crippen LogP contribution in [0.25, 0.3) is 0 Å². The van der Waals surface area contributed by atoms with Crippen molar-refractivity contribution < 1.29 is 24.2 Å². The first-order valence-corrected chi connectivity index (χ1v) is 12.8. The Hall–Kier alpha value is -2.06. The summed E-state index contributed by atoms with van der Waals surface area (Å²) in [5, 5.41) is 14.7. The summed E-state index contributed by atoms with van der Waals surface area (Å²) in [4.78, 5) is 23.6. The third kappa shape index (κ3) is 10.0. The van der Waals surface area contributed by atoms with E-state index < -0.39 is 26.3 Å². The number of hydrogen-bond donors (Lipinski definition) is 3. The van der Waals surface area contributed by atoms with E-state index in [1.54, 1.807) is 0 Å². The molecule has 0 radical (unpaired) electrons. The number of aliphatic hydroxyl groups excluding tert-OH is 1. The summed E-state index contributed by atoms with van der Waals surface area (Å²) in [7, 11) is -1.57. The highest BCUT2D eigenvalue weighted by atomic mass is 28.3. The van der Waals surface area contributed by atoms with Crippen LogP contribution in [-0.4, -0.2) is 50.3 Å². The lowest BCUT2D eigenvalue weighted by atomic mass is 10.1. The molecule has 0 heterocycles. The summed E-state index contributed by atoms with van der Waals surface area (Å²) in [6.45, 7) is 8.69. The zero-order valence-corrected chi connectivity index (χ0v) is 17.7. The van der Waals surface area contributed by atoms with Crippen molar-refractivity contribution in [1.29, 1.82) is 0 Å². The third-order valence-electron chi connectivity index (χ3n) is 4.26. The second-order valence-electron chi connectivity index (χ2n) is 7.57. The van der Waals surface area contributed by atoms with Crippen LogP contribution in [0.1, 0.15) is 25.3 Å². The molecule has 0 aliphatic carbocycles. The number of carbonyl (C=O) groups excluding carboxylic acids is 2. The Bertz CT molecular complexity index is 577. The summed E-state index contributed by atoms with van der Waals surface area (Å²) in [6, 6.07) is 9.02. The van der Waals surface area contributed by atoms with E-state index in [2.05, 4.69) is 30.3 Å². The van der Waals surface area contributed by atoms with Crippen LogP contribution in [0, 0.1) is 0 Å². The molecular formula is C19H32N2O5Si. The summed E-state index contributed by atoms with van der Waals surface area (Å²) in [5.41, 5.74) is 0.807. The van der Waals surface area contributed by atoms with Crippen molar-refractivity contribution in [3.05, 3.63) is 35.9 Å². The van der Waals surface area contributed by atoms with Gasteiger partial charge in [-0.3, -0.25) is 0 Å². The number of amides is 2. The second-order valence-corrected chi connectivity index (χ2v) is 13.1. The summed E-state index contributed by atoms with van der Waals surface area (Å²) in [6.07, 6.45) is 0.108. The number of ether oxygens (including phenoxy) is 2. The number of nitrogens with one attached hydrogen (secondary N) is 2. The first kappa shape index (κ1) is 23.0. The molecule has 0 fully saturated rings. The lowest BCUT2D eigenvalue weighted by Gasteiger charge is -2.26. The molecule has 2 atom stereocenters. The topological polar surface area (TPSA) is 96.9 Å². The number of benzene rings is 1. The highest BCUT2D eigenvalue weighted by Crippen LogP contribution is 2.11. The number of aliphatic hydroxyl groups is 1. The van der Waals surface area contributed by atoms with E-state index in [1.165, 1.54) is 0 Å². The Labute approximate surface area is 162 Å². The highest BCUT2D eigenvalue weighted by molar-refractivity contribution is 6.77. The van der Waals surface area contributed by atoms with E-state index in [0.717, 1.165) is 5.56 Å². The van der Waals surface area contributed by atoms with Gasteiger partial charge in [0.2, 0.25) is 0 Å². The molecule has 0 saturated heterocycles. The van der Waals surface area contributed by atoms with E-state index in [4.69, 9.17) is 9.47 Å². The molecule has 152 valence electrons. The molecule has 0 saturated carbocycles. The standard InChI is InChI=1S/C19H32N2O5Si/c1-15(27(2,3)4)26-19(24)21-17(13-22)11-8-12-20-18(23)25-14-16-9-6-5-7-10-16/h5-7,9-10,15,17,22H,8,11-14H2,1-4H3,(H,20,23)(H,21,24)/t15?,17-/m1/s1. The molecule has 1 rings (SSSR count). The van der Waals surface area contributed by atoms with Gasteiger partial charge in [0.1, 0.15) is 6.61 Å². The number of rotatable bonds is 10. The Balaban J connectivity index is 2.20. The molecule has 3 N–H and O–H groups in total. The Kier molecular flexibility index (Phi) is 9.88. The minimum absolute atomic E-state index is 0.113. The van der Waals surface area contributed by atoms with Crippen molar-refractivity contribution in [2.24, 2.45) is 0 Å². The molecule has 8 heteroatoms. The van der Waals surface area contributed by atoms with E-state index in [-0.39, 0.29) is 18.9 Å². The average Bonchev–Trinajstić information content (AvgIpc) is 2.62. The van der Waals surface area contributed by atoms with Gasteiger partial charge in [0.05, 0.1) is 26.4 Å². The number of hydrogen-bond acceptors (Lipinski definition) is 5. The van der Waals surface area contributed by atoms with Gasteiger partial charge in [-0.15, -0.1) is 0 Å². The van der Waals surface area contributed by atoms with Crippen LogP contribution >= 0.6 is 0 Å². The first-order chi connectivity index (χ1) is 12.7. The lowest BCUT2D eigenvalue weighted by molar-refractivity contribution is 0.123. The zero-order chi connectivity index (χ0) is 20.3. The molecular weight excluding hydrogens is 364 g/mol. The predicted molar refractivity (Wildman–Crippen MR) is 107 cm³/mol. The monoisotopic (exact) mass is 396 g/mol. The average molecular weight is 397 g/mol. The maximum atomic E-state index is 11.9. The van der Waals surface area contributed by atoms with Gasteiger partial charge >= 0.3 is 12.2 Å². The Morgan fingerprint density at radius 3 is 2.41 bits per heavy atom. The number of carbonyl (C=O) groups is 2. The fourth-order valence-corrected chi connectivity index (χ4v) is 2.52. The normalized spacial score (nSPS) is 13.4. The molecule has 1 unspecified atom stereocenters. The van der Waals surface area contributed by atoms with Crippen molar-refractivity contribution in [2.75, 3.05) is 13.2 Å². The van der Waals surface area contributed by atoms with Gasteiger partial charge in [0.15, 0.2) is 0 Å². The Morgan fingerprint density at radius 2 is 1.81 bits per heavy atom. The second kappa shape index (κ2) is 11.6. The Morgan fingerprint density at radius 1 is 1.15 bits per heavy atom. The highest BCUT2D eigenvalue weighted by Gasteiger charge is 2.26. The minimum atomic E-state index is -1.57. The third-order valence-corrected chi connectivity index (χ3v) is 6.81. The van der Waals surface area contributed by atoms with E-state index in [1.807, 2.05) is 37.3 Å². The first-order valence-electron chi connectivity index (χ1n) is 9.25. The molecule has 0 aliphatic rings. The van der Waals surface area contributed by atoms with Gasteiger partial charge in [0, 0.05) is 6.54 Å². The van der Waals surface area contributed by atoms with Crippen molar-refractivity contribution in [3.63, 3.8) is 0 Å². The summed E-state index contributed by atoms with van der Waals surface area (Å²) >= 11 is 0. The smallest absolute Gasteiger partial charge is 0.407 e. The zero-order valence-electron chi connectivity index (χ0n) is 16.7. The van der Waals surface area contributed by atoms with Crippen molar-refractivity contribution >= 4 is 20.3 Å². The van der Waals surface area contributed by atoms with Gasteiger partial charge < -0.3 is 25.2 Å². The molecule has 0 aromatic heterocycles. The van der Waals surface area contributed by atoms with Crippen LogP contribution in [0.4, 0.5) is 9.59 Å². The molecule has 2 amide bonds. The van der Waals surface area contributed by atoms with Gasteiger partial charge in [-0.05, 0) is 25.3 Å². The van der Waals surface area contributed by atoms with Gasteiger partial charge in [-0.25, -0.2) is 9.59 Å². The van der Waals surface area contributed by atoms with E-state index in [0.29, 0.717) is 19.4 Å². The lowest BCUT2D eigenvalue weighted by Crippen LogP contribution is -2.45.